The molecule has 2 rings (SSSR count). The van der Waals surface area contributed by atoms with Gasteiger partial charge in [0, 0.05) is 13.1 Å². The molecule has 0 bridgehead atoms. The zero-order chi connectivity index (χ0) is 25.3. The molecule has 0 aliphatic rings. The summed E-state index contributed by atoms with van der Waals surface area (Å²) in [7, 11) is -3.76. The highest BCUT2D eigenvalue weighted by atomic mass is 32.2. The van der Waals surface area contributed by atoms with Gasteiger partial charge in [-0.2, -0.15) is 0 Å². The van der Waals surface area contributed by atoms with E-state index in [9.17, 15) is 18.0 Å². The average Bonchev–Trinajstić information content (AvgIpc) is 2.80. The quantitative estimate of drug-likeness (QED) is 0.492. The molecule has 34 heavy (non-hydrogen) atoms. The van der Waals surface area contributed by atoms with Crippen LogP contribution in [0.1, 0.15) is 57.6 Å². The Hall–Kier alpha value is -2.87. The molecule has 2 aromatic rings. The van der Waals surface area contributed by atoms with Crippen LogP contribution in [0.15, 0.2) is 54.6 Å². The summed E-state index contributed by atoms with van der Waals surface area (Å²) in [5, 5.41) is 2.88. The second-order valence-electron chi connectivity index (χ2n) is 8.71. The molecule has 7 nitrogen and oxygen atoms in total. The number of amides is 2. The number of hydrogen-bond donors (Lipinski definition) is 1. The van der Waals surface area contributed by atoms with Gasteiger partial charge in [-0.05, 0) is 36.0 Å². The lowest BCUT2D eigenvalue weighted by atomic mass is 10.0. The van der Waals surface area contributed by atoms with Gasteiger partial charge in [0.1, 0.15) is 12.6 Å². The number of anilines is 1. The maximum atomic E-state index is 13.7. The van der Waals surface area contributed by atoms with Crippen LogP contribution in [0.25, 0.3) is 0 Å². The van der Waals surface area contributed by atoms with Gasteiger partial charge in [-0.3, -0.25) is 13.9 Å². The summed E-state index contributed by atoms with van der Waals surface area (Å²) in [6, 6.07) is 15.9. The number of rotatable bonds is 12. The number of para-hydroxylation sites is 1. The second-order valence-corrected chi connectivity index (χ2v) is 10.6. The molecule has 0 heterocycles. The highest BCUT2D eigenvalue weighted by Gasteiger charge is 2.32. The number of benzene rings is 2. The lowest BCUT2D eigenvalue weighted by Gasteiger charge is -2.33. The van der Waals surface area contributed by atoms with E-state index in [0.29, 0.717) is 18.7 Å². The molecule has 1 N–H and O–H groups in total. The average molecular weight is 488 g/mol. The number of sulfonamides is 1. The van der Waals surface area contributed by atoms with E-state index in [1.165, 1.54) is 4.90 Å². The number of hydrogen-bond acceptors (Lipinski definition) is 4. The molecular weight excluding hydrogens is 450 g/mol. The normalized spacial score (nSPS) is 12.3. The van der Waals surface area contributed by atoms with E-state index in [1.807, 2.05) is 70.2 Å². The molecule has 0 aliphatic heterocycles. The molecule has 2 amide bonds. The van der Waals surface area contributed by atoms with Crippen LogP contribution in [0, 0.1) is 0 Å². The largest absolute Gasteiger partial charge is 0.354 e. The van der Waals surface area contributed by atoms with Crippen molar-refractivity contribution in [2.75, 3.05) is 23.7 Å². The topological polar surface area (TPSA) is 86.8 Å². The van der Waals surface area contributed by atoms with Crippen LogP contribution in [0.3, 0.4) is 0 Å². The van der Waals surface area contributed by atoms with E-state index in [1.54, 1.807) is 12.1 Å². The van der Waals surface area contributed by atoms with Gasteiger partial charge in [0.15, 0.2) is 0 Å². The van der Waals surface area contributed by atoms with E-state index in [2.05, 4.69) is 5.32 Å². The van der Waals surface area contributed by atoms with E-state index in [0.717, 1.165) is 28.1 Å². The zero-order valence-corrected chi connectivity index (χ0v) is 21.6. The summed E-state index contributed by atoms with van der Waals surface area (Å²) in [5.74, 6) is -0.590. The molecule has 1 unspecified atom stereocenters. The summed E-state index contributed by atoms with van der Waals surface area (Å²) in [5.41, 5.74) is 2.19. The third-order valence-corrected chi connectivity index (χ3v) is 6.76. The SMILES string of the molecule is CCCNC(=O)C(CC)N(Cc1ccccc1)C(=O)CN(c1ccccc1C(C)C)S(C)(=O)=O. The van der Waals surface area contributed by atoms with E-state index in [4.69, 9.17) is 0 Å². The summed E-state index contributed by atoms with van der Waals surface area (Å²) in [4.78, 5) is 28.1. The molecule has 0 aliphatic carbocycles. The molecule has 8 heteroatoms. The van der Waals surface area contributed by atoms with Crippen molar-refractivity contribution in [2.24, 2.45) is 0 Å². The third-order valence-electron chi connectivity index (χ3n) is 5.64. The predicted molar refractivity (Wildman–Crippen MR) is 137 cm³/mol. The Morgan fingerprint density at radius 1 is 0.971 bits per heavy atom. The van der Waals surface area contributed by atoms with Crippen molar-refractivity contribution in [3.63, 3.8) is 0 Å². The molecule has 186 valence electrons. The Bertz CT molecular complexity index is 1050. The van der Waals surface area contributed by atoms with Gasteiger partial charge in [0.25, 0.3) is 0 Å². The first-order chi connectivity index (χ1) is 16.1. The third kappa shape index (κ3) is 7.32. The van der Waals surface area contributed by atoms with Crippen molar-refractivity contribution in [3.8, 4) is 0 Å². The van der Waals surface area contributed by atoms with Crippen LogP contribution in [0.4, 0.5) is 5.69 Å². The standard InChI is InChI=1S/C26H37N3O4S/c1-6-17-27-26(31)23(7-2)28(18-21-13-9-8-10-14-21)25(30)19-29(34(5,32)33)24-16-12-11-15-22(24)20(3)4/h8-16,20,23H,6-7,17-19H2,1-5H3,(H,27,31). The molecule has 0 saturated carbocycles. The Kier molecular flexibility index (Phi) is 10.1. The Balaban J connectivity index is 2.46. The molecular formula is C26H37N3O4S. The molecule has 2 aromatic carbocycles. The van der Waals surface area contributed by atoms with Gasteiger partial charge in [0.05, 0.1) is 11.9 Å². The Labute approximate surface area is 204 Å². The number of nitrogens with one attached hydrogen (secondary N) is 1. The van der Waals surface area contributed by atoms with Crippen LogP contribution in [0.5, 0.6) is 0 Å². The smallest absolute Gasteiger partial charge is 0.244 e. The van der Waals surface area contributed by atoms with Crippen LogP contribution < -0.4 is 9.62 Å². The summed E-state index contributed by atoms with van der Waals surface area (Å²) < 4.78 is 26.8. The monoisotopic (exact) mass is 487 g/mol. The van der Waals surface area contributed by atoms with Gasteiger partial charge in [-0.15, -0.1) is 0 Å². The van der Waals surface area contributed by atoms with Crippen molar-refractivity contribution >= 4 is 27.5 Å². The summed E-state index contributed by atoms with van der Waals surface area (Å²) >= 11 is 0. The predicted octanol–water partition coefficient (Wildman–Crippen LogP) is 3.91. The van der Waals surface area contributed by atoms with Crippen molar-refractivity contribution < 1.29 is 18.0 Å². The van der Waals surface area contributed by atoms with Gasteiger partial charge >= 0.3 is 0 Å². The first-order valence-corrected chi connectivity index (χ1v) is 13.6. The van der Waals surface area contributed by atoms with E-state index < -0.39 is 22.0 Å². The molecule has 0 spiro atoms. The van der Waals surface area contributed by atoms with Crippen LogP contribution >= 0.6 is 0 Å². The number of nitrogens with zero attached hydrogens (tertiary/aromatic N) is 2. The molecule has 0 radical (unpaired) electrons. The highest BCUT2D eigenvalue weighted by Crippen LogP contribution is 2.29. The highest BCUT2D eigenvalue weighted by molar-refractivity contribution is 7.92. The number of carbonyl (C=O) groups excluding carboxylic acids is 2. The maximum Gasteiger partial charge on any atom is 0.244 e. The molecule has 0 fully saturated rings. The summed E-state index contributed by atoms with van der Waals surface area (Å²) in [6.07, 6.45) is 2.29. The van der Waals surface area contributed by atoms with Crippen molar-refractivity contribution in [1.82, 2.24) is 10.2 Å². The Morgan fingerprint density at radius 2 is 1.59 bits per heavy atom. The number of carbonyl (C=O) groups is 2. The van der Waals surface area contributed by atoms with Crippen LogP contribution in [-0.4, -0.2) is 50.5 Å². The van der Waals surface area contributed by atoms with Crippen molar-refractivity contribution in [3.05, 3.63) is 65.7 Å². The van der Waals surface area contributed by atoms with Crippen LogP contribution in [-0.2, 0) is 26.2 Å². The zero-order valence-electron chi connectivity index (χ0n) is 20.8. The van der Waals surface area contributed by atoms with Crippen LogP contribution in [0.2, 0.25) is 0 Å². The fourth-order valence-corrected chi connectivity index (χ4v) is 4.73. The lowest BCUT2D eigenvalue weighted by molar-refractivity contribution is -0.140. The minimum atomic E-state index is -3.76. The molecule has 1 atom stereocenters. The van der Waals surface area contributed by atoms with Crippen molar-refractivity contribution in [2.45, 2.75) is 59.0 Å². The minimum Gasteiger partial charge on any atom is -0.354 e. The van der Waals surface area contributed by atoms with Gasteiger partial charge in [0.2, 0.25) is 21.8 Å². The fourth-order valence-electron chi connectivity index (χ4n) is 3.86. The second kappa shape index (κ2) is 12.6. The first-order valence-electron chi connectivity index (χ1n) is 11.8. The van der Waals surface area contributed by atoms with Gasteiger partial charge in [-0.1, -0.05) is 76.2 Å². The van der Waals surface area contributed by atoms with E-state index >= 15 is 0 Å². The molecule has 0 aromatic heterocycles. The summed E-state index contributed by atoms with van der Waals surface area (Å²) in [6.45, 7) is 8.12. The Morgan fingerprint density at radius 3 is 2.15 bits per heavy atom. The fraction of sp³-hybridized carbons (Fsp3) is 0.462. The first kappa shape index (κ1) is 27.4. The lowest BCUT2D eigenvalue weighted by Crippen LogP contribution is -2.52. The van der Waals surface area contributed by atoms with Crippen molar-refractivity contribution in [1.29, 1.82) is 0 Å². The van der Waals surface area contributed by atoms with E-state index in [-0.39, 0.29) is 24.9 Å². The molecule has 0 saturated heterocycles. The minimum absolute atomic E-state index is 0.0687. The van der Waals surface area contributed by atoms with Gasteiger partial charge < -0.3 is 10.2 Å². The maximum absolute atomic E-state index is 13.7. The van der Waals surface area contributed by atoms with Gasteiger partial charge in [-0.25, -0.2) is 8.42 Å².